The van der Waals surface area contributed by atoms with E-state index in [2.05, 4.69) is 15.3 Å². The zero-order valence-electron chi connectivity index (χ0n) is 16.2. The molecule has 0 saturated heterocycles. The van der Waals surface area contributed by atoms with Crippen LogP contribution < -0.4 is 15.6 Å². The average Bonchev–Trinajstić information content (AvgIpc) is 3.04. The SMILES string of the molecule is COc1cn(Cc2ccc(F)cc2)c(Nc2cc3sc(C)nc3cc2C)nc1=O. The number of aromatic nitrogens is 3. The number of anilines is 2. The van der Waals surface area contributed by atoms with Crippen LogP contribution >= 0.6 is 11.3 Å². The Balaban J connectivity index is 1.76. The second kappa shape index (κ2) is 7.63. The molecule has 148 valence electrons. The number of hydrogen-bond acceptors (Lipinski definition) is 6. The van der Waals surface area contributed by atoms with Crippen LogP contribution in [0.25, 0.3) is 10.2 Å². The summed E-state index contributed by atoms with van der Waals surface area (Å²) < 4.78 is 21.2. The molecule has 0 aliphatic heterocycles. The highest BCUT2D eigenvalue weighted by Gasteiger charge is 2.12. The van der Waals surface area contributed by atoms with E-state index in [1.165, 1.54) is 19.2 Å². The summed E-state index contributed by atoms with van der Waals surface area (Å²) in [4.78, 5) is 20.9. The Hall–Kier alpha value is -3.26. The molecule has 0 spiro atoms. The second-order valence-electron chi connectivity index (χ2n) is 6.69. The first-order valence-corrected chi connectivity index (χ1v) is 9.79. The smallest absolute Gasteiger partial charge is 0.316 e. The highest BCUT2D eigenvalue weighted by atomic mass is 32.1. The fourth-order valence-electron chi connectivity index (χ4n) is 3.07. The van der Waals surface area contributed by atoms with E-state index in [4.69, 9.17) is 4.74 Å². The van der Waals surface area contributed by atoms with Gasteiger partial charge in [-0.2, -0.15) is 4.98 Å². The summed E-state index contributed by atoms with van der Waals surface area (Å²) in [5.41, 5.74) is 3.18. The Labute approximate surface area is 170 Å². The zero-order valence-corrected chi connectivity index (χ0v) is 17.0. The first-order chi connectivity index (χ1) is 13.9. The fraction of sp³-hybridized carbons (Fsp3) is 0.190. The summed E-state index contributed by atoms with van der Waals surface area (Å²) in [6.45, 7) is 4.34. The largest absolute Gasteiger partial charge is 0.490 e. The molecule has 0 saturated carbocycles. The molecule has 0 bridgehead atoms. The third-order valence-corrected chi connectivity index (χ3v) is 5.47. The Kier molecular flexibility index (Phi) is 5.02. The predicted molar refractivity (Wildman–Crippen MR) is 113 cm³/mol. The van der Waals surface area contributed by atoms with Crippen molar-refractivity contribution in [3.05, 3.63) is 74.9 Å². The van der Waals surface area contributed by atoms with Crippen molar-refractivity contribution in [1.29, 1.82) is 0 Å². The van der Waals surface area contributed by atoms with Crippen molar-refractivity contribution < 1.29 is 9.13 Å². The number of methoxy groups -OCH3 is 1. The molecule has 4 aromatic rings. The van der Waals surface area contributed by atoms with Gasteiger partial charge in [0.15, 0.2) is 0 Å². The summed E-state index contributed by atoms with van der Waals surface area (Å²) in [6, 6.07) is 10.2. The number of ether oxygens (including phenoxy) is 1. The minimum atomic E-state index is -0.460. The molecule has 0 amide bonds. The molecule has 0 aliphatic carbocycles. The molecule has 2 aromatic heterocycles. The van der Waals surface area contributed by atoms with Crippen molar-refractivity contribution in [2.24, 2.45) is 0 Å². The van der Waals surface area contributed by atoms with Crippen molar-refractivity contribution in [3.8, 4) is 5.75 Å². The lowest BCUT2D eigenvalue weighted by molar-refractivity contribution is 0.402. The number of nitrogens with one attached hydrogen (secondary N) is 1. The minimum absolute atomic E-state index is 0.142. The van der Waals surface area contributed by atoms with E-state index in [0.29, 0.717) is 12.5 Å². The molecular weight excluding hydrogens is 391 g/mol. The van der Waals surface area contributed by atoms with Gasteiger partial charge in [0.05, 0.1) is 35.1 Å². The summed E-state index contributed by atoms with van der Waals surface area (Å²) in [7, 11) is 1.43. The molecule has 1 N–H and O–H groups in total. The Bertz CT molecular complexity index is 1250. The Morgan fingerprint density at radius 1 is 1.17 bits per heavy atom. The molecular formula is C21H19FN4O2S. The molecule has 8 heteroatoms. The van der Waals surface area contributed by atoms with Crippen LogP contribution in [0.1, 0.15) is 16.1 Å². The van der Waals surface area contributed by atoms with Gasteiger partial charge in [-0.3, -0.25) is 4.79 Å². The number of benzene rings is 2. The van der Waals surface area contributed by atoms with Crippen LogP contribution in [0.5, 0.6) is 5.75 Å². The maximum atomic E-state index is 13.2. The predicted octanol–water partition coefficient (Wildman–Crippen LogP) is 4.41. The summed E-state index contributed by atoms with van der Waals surface area (Å²) in [5, 5.41) is 4.26. The topological polar surface area (TPSA) is 69.0 Å². The minimum Gasteiger partial charge on any atom is -0.490 e. The molecule has 0 unspecified atom stereocenters. The molecule has 0 fully saturated rings. The van der Waals surface area contributed by atoms with Gasteiger partial charge in [-0.05, 0) is 49.2 Å². The highest BCUT2D eigenvalue weighted by Crippen LogP contribution is 2.29. The third kappa shape index (κ3) is 3.97. The van der Waals surface area contributed by atoms with Crippen LogP contribution in [-0.4, -0.2) is 21.6 Å². The van der Waals surface area contributed by atoms with Crippen molar-refractivity contribution >= 4 is 33.2 Å². The van der Waals surface area contributed by atoms with Crippen molar-refractivity contribution in [1.82, 2.24) is 14.5 Å². The van der Waals surface area contributed by atoms with Crippen LogP contribution in [0.15, 0.2) is 47.4 Å². The van der Waals surface area contributed by atoms with E-state index in [-0.39, 0.29) is 11.6 Å². The lowest BCUT2D eigenvalue weighted by Gasteiger charge is -2.16. The number of aryl methyl sites for hydroxylation is 2. The maximum absolute atomic E-state index is 13.2. The van der Waals surface area contributed by atoms with Gasteiger partial charge in [0, 0.05) is 5.69 Å². The molecule has 2 heterocycles. The molecule has 2 aromatic carbocycles. The fourth-order valence-corrected chi connectivity index (χ4v) is 3.92. The first kappa shape index (κ1) is 19.1. The van der Waals surface area contributed by atoms with Crippen LogP contribution in [-0.2, 0) is 6.54 Å². The molecule has 0 radical (unpaired) electrons. The van der Waals surface area contributed by atoms with Gasteiger partial charge in [-0.25, -0.2) is 9.37 Å². The third-order valence-electron chi connectivity index (χ3n) is 4.54. The maximum Gasteiger partial charge on any atom is 0.316 e. The van der Waals surface area contributed by atoms with Gasteiger partial charge in [-0.1, -0.05) is 12.1 Å². The Morgan fingerprint density at radius 2 is 1.93 bits per heavy atom. The van der Waals surface area contributed by atoms with Crippen LogP contribution in [0, 0.1) is 19.7 Å². The molecule has 0 aliphatic rings. The van der Waals surface area contributed by atoms with E-state index >= 15 is 0 Å². The number of fused-ring (bicyclic) bond motifs is 1. The van der Waals surface area contributed by atoms with Gasteiger partial charge in [0.2, 0.25) is 11.7 Å². The standard InChI is InChI=1S/C21H19FN4O2S/c1-12-8-17-19(29-13(2)23-17)9-16(12)24-21-25-20(27)18(28-3)11-26(21)10-14-4-6-15(22)7-5-14/h4-9,11H,10H2,1-3H3,(H,24,25,27). The quantitative estimate of drug-likeness (QED) is 0.528. The van der Waals surface area contributed by atoms with E-state index < -0.39 is 5.56 Å². The van der Waals surface area contributed by atoms with E-state index in [1.54, 1.807) is 34.2 Å². The summed E-state index contributed by atoms with van der Waals surface area (Å²) in [5.74, 6) is 0.221. The van der Waals surface area contributed by atoms with E-state index in [1.807, 2.05) is 26.0 Å². The zero-order chi connectivity index (χ0) is 20.5. The van der Waals surface area contributed by atoms with Gasteiger partial charge in [0.1, 0.15) is 5.82 Å². The molecule has 0 atom stereocenters. The summed E-state index contributed by atoms with van der Waals surface area (Å²) in [6.07, 6.45) is 1.60. The van der Waals surface area contributed by atoms with E-state index in [9.17, 15) is 9.18 Å². The van der Waals surface area contributed by atoms with Crippen LogP contribution in [0.4, 0.5) is 16.0 Å². The average molecular weight is 410 g/mol. The summed E-state index contributed by atoms with van der Waals surface area (Å²) >= 11 is 1.61. The van der Waals surface area contributed by atoms with E-state index in [0.717, 1.165) is 32.0 Å². The number of rotatable bonds is 5. The molecule has 4 rings (SSSR count). The normalized spacial score (nSPS) is 11.0. The lowest BCUT2D eigenvalue weighted by Crippen LogP contribution is -2.19. The van der Waals surface area contributed by atoms with Crippen molar-refractivity contribution in [2.45, 2.75) is 20.4 Å². The number of halogens is 1. The van der Waals surface area contributed by atoms with Crippen molar-refractivity contribution in [2.75, 3.05) is 12.4 Å². The van der Waals surface area contributed by atoms with Gasteiger partial charge in [0.25, 0.3) is 0 Å². The van der Waals surface area contributed by atoms with Crippen molar-refractivity contribution in [3.63, 3.8) is 0 Å². The van der Waals surface area contributed by atoms with Gasteiger partial charge < -0.3 is 14.6 Å². The molecule has 6 nitrogen and oxygen atoms in total. The Morgan fingerprint density at radius 3 is 2.66 bits per heavy atom. The second-order valence-corrected chi connectivity index (χ2v) is 7.92. The monoisotopic (exact) mass is 410 g/mol. The number of hydrogen-bond donors (Lipinski definition) is 1. The lowest BCUT2D eigenvalue weighted by atomic mass is 10.2. The molecule has 29 heavy (non-hydrogen) atoms. The highest BCUT2D eigenvalue weighted by molar-refractivity contribution is 7.18. The number of nitrogens with zero attached hydrogens (tertiary/aromatic N) is 3. The van der Waals surface area contributed by atoms with Crippen LogP contribution in [0.2, 0.25) is 0 Å². The van der Waals surface area contributed by atoms with Crippen LogP contribution in [0.3, 0.4) is 0 Å². The first-order valence-electron chi connectivity index (χ1n) is 8.97. The van der Waals surface area contributed by atoms with Gasteiger partial charge in [-0.15, -0.1) is 11.3 Å². The van der Waals surface area contributed by atoms with Gasteiger partial charge >= 0.3 is 5.56 Å². The number of thiazole rings is 1.